The van der Waals surface area contributed by atoms with Gasteiger partial charge in [-0.1, -0.05) is 72.3 Å². The summed E-state index contributed by atoms with van der Waals surface area (Å²) in [5, 5.41) is 1.18. The van der Waals surface area contributed by atoms with Gasteiger partial charge in [-0.15, -0.1) is 0 Å². The number of halogens is 2. The summed E-state index contributed by atoms with van der Waals surface area (Å²) in [6.07, 6.45) is 0. The third kappa shape index (κ3) is 5.31. The summed E-state index contributed by atoms with van der Waals surface area (Å²) < 4.78 is 34.9. The molecule has 39 heavy (non-hydrogen) atoms. The zero-order valence-corrected chi connectivity index (χ0v) is 23.3. The van der Waals surface area contributed by atoms with Crippen LogP contribution in [0.3, 0.4) is 0 Å². The summed E-state index contributed by atoms with van der Waals surface area (Å²) in [6.45, 7) is 0. The van der Waals surface area contributed by atoms with Crippen molar-refractivity contribution in [2.45, 2.75) is 4.90 Å². The number of esters is 1. The number of hydrogen-bond donors (Lipinski definition) is 0. The van der Waals surface area contributed by atoms with Crippen molar-refractivity contribution in [2.24, 2.45) is 0 Å². The SMILES string of the molecule is O=C(Oc1c(Br)cc(N(C(=O)c2ccccc2)S(=O)(=O)c2ccc(Cl)cc2)c2ccccc12)c1ccccc1. The Morgan fingerprint density at radius 3 is 1.87 bits per heavy atom. The highest BCUT2D eigenvalue weighted by Gasteiger charge is 2.34. The number of carbonyl (C=O) groups excluding carboxylic acids is 2. The summed E-state index contributed by atoms with van der Waals surface area (Å²) in [5.41, 5.74) is 0.611. The second-order valence-corrected chi connectivity index (χ2v) is 11.5. The van der Waals surface area contributed by atoms with Gasteiger partial charge in [-0.05, 0) is 70.5 Å². The number of benzene rings is 5. The van der Waals surface area contributed by atoms with Gasteiger partial charge in [0, 0.05) is 21.4 Å². The van der Waals surface area contributed by atoms with Gasteiger partial charge in [-0.3, -0.25) is 4.79 Å². The van der Waals surface area contributed by atoms with Crippen LogP contribution in [0.4, 0.5) is 5.69 Å². The van der Waals surface area contributed by atoms with Gasteiger partial charge < -0.3 is 4.74 Å². The minimum absolute atomic E-state index is 0.0841. The van der Waals surface area contributed by atoms with Crippen molar-refractivity contribution in [3.8, 4) is 5.75 Å². The van der Waals surface area contributed by atoms with Crippen LogP contribution in [0.5, 0.6) is 5.75 Å². The summed E-state index contributed by atoms with van der Waals surface area (Å²) in [5.74, 6) is -1.14. The maximum absolute atomic E-state index is 14.0. The fourth-order valence-electron chi connectivity index (χ4n) is 4.05. The minimum Gasteiger partial charge on any atom is -0.421 e. The van der Waals surface area contributed by atoms with E-state index in [1.165, 1.54) is 30.3 Å². The van der Waals surface area contributed by atoms with Gasteiger partial charge >= 0.3 is 5.97 Å². The molecule has 0 atom stereocenters. The molecule has 6 nitrogen and oxygen atoms in total. The van der Waals surface area contributed by atoms with Crippen LogP contribution in [-0.2, 0) is 10.0 Å². The van der Waals surface area contributed by atoms with Crippen LogP contribution in [0.25, 0.3) is 10.8 Å². The Morgan fingerprint density at radius 2 is 1.26 bits per heavy atom. The third-order valence-corrected chi connectivity index (χ3v) is 8.46. The number of carbonyl (C=O) groups is 2. The molecule has 0 unspecified atom stereocenters. The fourth-order valence-corrected chi connectivity index (χ4v) is 6.11. The summed E-state index contributed by atoms with van der Waals surface area (Å²) in [7, 11) is -4.41. The maximum atomic E-state index is 14.0. The van der Waals surface area contributed by atoms with Crippen molar-refractivity contribution in [1.29, 1.82) is 0 Å². The van der Waals surface area contributed by atoms with E-state index in [0.29, 0.717) is 21.4 Å². The molecule has 0 spiro atoms. The van der Waals surface area contributed by atoms with Crippen molar-refractivity contribution in [1.82, 2.24) is 0 Å². The van der Waals surface area contributed by atoms with E-state index in [2.05, 4.69) is 15.9 Å². The van der Waals surface area contributed by atoms with Crippen LogP contribution < -0.4 is 9.04 Å². The van der Waals surface area contributed by atoms with Gasteiger partial charge in [0.15, 0.2) is 5.75 Å². The molecule has 9 heteroatoms. The summed E-state index contributed by atoms with van der Waals surface area (Å²) in [4.78, 5) is 26.6. The highest BCUT2D eigenvalue weighted by Crippen LogP contribution is 2.42. The van der Waals surface area contributed by atoms with Crippen molar-refractivity contribution < 1.29 is 22.7 Å². The van der Waals surface area contributed by atoms with Crippen LogP contribution in [0.2, 0.25) is 5.02 Å². The Labute approximate surface area is 238 Å². The van der Waals surface area contributed by atoms with Crippen LogP contribution in [0, 0.1) is 0 Å². The van der Waals surface area contributed by atoms with Gasteiger partial charge in [0.05, 0.1) is 20.6 Å². The van der Waals surface area contributed by atoms with E-state index in [-0.39, 0.29) is 26.4 Å². The lowest BCUT2D eigenvalue weighted by molar-refractivity contribution is 0.0735. The Kier molecular flexibility index (Phi) is 7.52. The third-order valence-electron chi connectivity index (χ3n) is 5.91. The molecular formula is C30H19BrClNO5S. The first-order valence-electron chi connectivity index (χ1n) is 11.7. The number of rotatable bonds is 6. The molecule has 0 aliphatic carbocycles. The molecule has 0 aliphatic heterocycles. The smallest absolute Gasteiger partial charge is 0.343 e. The summed E-state index contributed by atoms with van der Waals surface area (Å²) >= 11 is 9.44. The summed E-state index contributed by atoms with van der Waals surface area (Å²) in [6, 6.07) is 30.5. The number of sulfonamides is 1. The lowest BCUT2D eigenvalue weighted by atomic mass is 10.1. The molecule has 5 aromatic rings. The number of nitrogens with zero attached hydrogens (tertiary/aromatic N) is 1. The molecule has 0 aliphatic rings. The number of amides is 1. The molecule has 5 aromatic carbocycles. The lowest BCUT2D eigenvalue weighted by Gasteiger charge is -2.25. The predicted octanol–water partition coefficient (Wildman–Crippen LogP) is 7.51. The van der Waals surface area contributed by atoms with Crippen LogP contribution in [0.15, 0.2) is 125 Å². The van der Waals surface area contributed by atoms with Gasteiger partial charge in [0.25, 0.3) is 15.9 Å². The molecule has 0 saturated heterocycles. The van der Waals surface area contributed by atoms with Crippen molar-refractivity contribution in [3.63, 3.8) is 0 Å². The van der Waals surface area contributed by atoms with E-state index in [1.54, 1.807) is 84.9 Å². The van der Waals surface area contributed by atoms with E-state index in [1.807, 2.05) is 0 Å². The van der Waals surface area contributed by atoms with Crippen molar-refractivity contribution in [3.05, 3.63) is 136 Å². The second-order valence-electron chi connectivity index (χ2n) is 8.40. The molecule has 0 saturated carbocycles. The van der Waals surface area contributed by atoms with Gasteiger partial charge in [-0.25, -0.2) is 13.2 Å². The molecule has 194 valence electrons. The zero-order valence-electron chi connectivity index (χ0n) is 20.1. The Bertz CT molecular complexity index is 1800. The normalized spacial score (nSPS) is 11.2. The largest absolute Gasteiger partial charge is 0.421 e. The Balaban J connectivity index is 1.71. The average Bonchev–Trinajstić information content (AvgIpc) is 2.96. The van der Waals surface area contributed by atoms with Crippen LogP contribution in [-0.4, -0.2) is 20.3 Å². The Hall–Kier alpha value is -3.98. The first-order valence-corrected chi connectivity index (χ1v) is 14.3. The molecule has 0 fully saturated rings. The van der Waals surface area contributed by atoms with Gasteiger partial charge in [-0.2, -0.15) is 4.31 Å². The highest BCUT2D eigenvalue weighted by atomic mass is 79.9. The van der Waals surface area contributed by atoms with E-state index < -0.39 is 21.9 Å². The van der Waals surface area contributed by atoms with Crippen LogP contribution in [0.1, 0.15) is 20.7 Å². The topological polar surface area (TPSA) is 80.8 Å². The zero-order chi connectivity index (χ0) is 27.6. The first-order chi connectivity index (χ1) is 18.8. The Morgan fingerprint density at radius 1 is 0.718 bits per heavy atom. The number of fused-ring (bicyclic) bond motifs is 1. The number of ether oxygens (including phenoxy) is 1. The molecule has 0 heterocycles. The molecule has 0 bridgehead atoms. The van der Waals surface area contributed by atoms with E-state index >= 15 is 0 Å². The average molecular weight is 621 g/mol. The lowest BCUT2D eigenvalue weighted by Crippen LogP contribution is -2.37. The standard InChI is InChI=1S/C30H19BrClNO5S/c31-26-19-27(24-13-7-8-14-25(24)28(26)38-30(35)21-11-5-2-6-12-21)33(29(34)20-9-3-1-4-10-20)39(36,37)23-17-15-22(32)16-18-23/h1-19H. The van der Waals surface area contributed by atoms with E-state index in [0.717, 1.165) is 4.31 Å². The van der Waals surface area contributed by atoms with Gasteiger partial charge in [0.2, 0.25) is 0 Å². The molecule has 1 amide bonds. The van der Waals surface area contributed by atoms with Crippen molar-refractivity contribution in [2.75, 3.05) is 4.31 Å². The predicted molar refractivity (Wildman–Crippen MR) is 155 cm³/mol. The monoisotopic (exact) mass is 619 g/mol. The first kappa shape index (κ1) is 26.6. The molecule has 0 aromatic heterocycles. The number of anilines is 1. The minimum atomic E-state index is -4.41. The second kappa shape index (κ2) is 11.0. The quantitative estimate of drug-likeness (QED) is 0.145. The van der Waals surface area contributed by atoms with E-state index in [4.69, 9.17) is 16.3 Å². The highest BCUT2D eigenvalue weighted by molar-refractivity contribution is 9.10. The molecule has 0 N–H and O–H groups in total. The molecule has 0 radical (unpaired) electrons. The maximum Gasteiger partial charge on any atom is 0.343 e. The van der Waals surface area contributed by atoms with Crippen molar-refractivity contribution >= 4 is 65.9 Å². The van der Waals surface area contributed by atoms with Crippen LogP contribution >= 0.6 is 27.5 Å². The number of hydrogen-bond acceptors (Lipinski definition) is 5. The fraction of sp³-hybridized carbons (Fsp3) is 0. The van der Waals surface area contributed by atoms with E-state index in [9.17, 15) is 18.0 Å². The molecule has 5 rings (SSSR count). The molecular weight excluding hydrogens is 602 g/mol. The van der Waals surface area contributed by atoms with Gasteiger partial charge in [0.1, 0.15) is 0 Å².